The van der Waals surface area contributed by atoms with Crippen LogP contribution in [0, 0.1) is 17.2 Å². The van der Waals surface area contributed by atoms with E-state index in [0.29, 0.717) is 11.6 Å². The van der Waals surface area contributed by atoms with Crippen molar-refractivity contribution in [1.29, 1.82) is 5.26 Å². The lowest BCUT2D eigenvalue weighted by Gasteiger charge is -2.16. The van der Waals surface area contributed by atoms with Gasteiger partial charge in [0, 0.05) is 17.2 Å². The van der Waals surface area contributed by atoms with Gasteiger partial charge in [0.2, 0.25) is 0 Å². The number of carbonyl (C=O) groups excluding carboxylic acids is 1. The quantitative estimate of drug-likeness (QED) is 0.798. The van der Waals surface area contributed by atoms with Crippen molar-refractivity contribution < 1.29 is 4.79 Å². The van der Waals surface area contributed by atoms with Crippen LogP contribution in [0.4, 0.5) is 0 Å². The van der Waals surface area contributed by atoms with Crippen LogP contribution in [0.5, 0.6) is 0 Å². The standard InChI is InChI=1S/C12H14N4O/c1-12(2,5-13)14-11(17)10-8-4-6-3-7(6)9(8)15-16-10/h6-7H,3-4H2,1-2H3,(H,14,17)(H,15,16). The second-order valence-electron chi connectivity index (χ2n) is 5.46. The Morgan fingerprint density at radius 3 is 3.12 bits per heavy atom. The van der Waals surface area contributed by atoms with E-state index >= 15 is 0 Å². The number of nitriles is 1. The number of aromatic amines is 1. The summed E-state index contributed by atoms with van der Waals surface area (Å²) in [5.41, 5.74) is 1.80. The molecule has 1 aromatic rings. The van der Waals surface area contributed by atoms with Crippen LogP contribution in [0.25, 0.3) is 0 Å². The Labute approximate surface area is 99.2 Å². The first-order valence-corrected chi connectivity index (χ1v) is 5.83. The largest absolute Gasteiger partial charge is 0.333 e. The zero-order valence-corrected chi connectivity index (χ0v) is 9.87. The molecule has 17 heavy (non-hydrogen) atoms. The highest BCUT2D eigenvalue weighted by Gasteiger charge is 2.48. The molecule has 2 aliphatic carbocycles. The maximum atomic E-state index is 12.0. The van der Waals surface area contributed by atoms with Gasteiger partial charge in [0.1, 0.15) is 5.54 Å². The molecule has 0 aromatic carbocycles. The van der Waals surface area contributed by atoms with E-state index in [1.54, 1.807) is 13.8 Å². The molecule has 0 aliphatic heterocycles. The molecule has 1 amide bonds. The Kier molecular flexibility index (Phi) is 1.88. The molecule has 2 aliphatic rings. The third-order valence-corrected chi connectivity index (χ3v) is 3.58. The molecule has 5 nitrogen and oxygen atoms in total. The summed E-state index contributed by atoms with van der Waals surface area (Å²) >= 11 is 0. The van der Waals surface area contributed by atoms with Crippen molar-refractivity contribution in [2.24, 2.45) is 5.92 Å². The Morgan fingerprint density at radius 2 is 2.41 bits per heavy atom. The minimum atomic E-state index is -0.857. The van der Waals surface area contributed by atoms with Crippen molar-refractivity contribution in [2.75, 3.05) is 0 Å². The number of hydrogen-bond acceptors (Lipinski definition) is 3. The molecule has 2 unspecified atom stereocenters. The monoisotopic (exact) mass is 230 g/mol. The molecule has 2 atom stereocenters. The van der Waals surface area contributed by atoms with E-state index in [2.05, 4.69) is 15.5 Å². The van der Waals surface area contributed by atoms with Crippen LogP contribution >= 0.6 is 0 Å². The molecule has 1 aromatic heterocycles. The number of nitrogens with zero attached hydrogens (tertiary/aromatic N) is 2. The topological polar surface area (TPSA) is 81.6 Å². The van der Waals surface area contributed by atoms with Crippen LogP contribution in [0.15, 0.2) is 0 Å². The third-order valence-electron chi connectivity index (χ3n) is 3.58. The summed E-state index contributed by atoms with van der Waals surface area (Å²) in [5, 5.41) is 18.6. The summed E-state index contributed by atoms with van der Waals surface area (Å²) in [4.78, 5) is 12.0. The maximum Gasteiger partial charge on any atom is 0.273 e. The predicted octanol–water partition coefficient (Wildman–Crippen LogP) is 1.10. The molecule has 2 N–H and O–H groups in total. The summed E-state index contributed by atoms with van der Waals surface area (Å²) in [7, 11) is 0. The summed E-state index contributed by atoms with van der Waals surface area (Å²) in [6.07, 6.45) is 2.17. The molecule has 0 saturated heterocycles. The van der Waals surface area contributed by atoms with Gasteiger partial charge < -0.3 is 5.32 Å². The first-order chi connectivity index (χ1) is 8.02. The zero-order chi connectivity index (χ0) is 12.2. The van der Waals surface area contributed by atoms with Gasteiger partial charge in [-0.25, -0.2) is 0 Å². The lowest BCUT2D eigenvalue weighted by atomic mass is 10.1. The highest BCUT2D eigenvalue weighted by Crippen LogP contribution is 2.55. The fraction of sp³-hybridized carbons (Fsp3) is 0.583. The number of amides is 1. The third kappa shape index (κ3) is 1.52. The number of carbonyl (C=O) groups is 1. The lowest BCUT2D eigenvalue weighted by molar-refractivity contribution is 0.0923. The Morgan fingerprint density at radius 1 is 1.65 bits per heavy atom. The number of hydrogen-bond donors (Lipinski definition) is 2. The lowest BCUT2D eigenvalue weighted by Crippen LogP contribution is -2.42. The van der Waals surface area contributed by atoms with Crippen molar-refractivity contribution in [1.82, 2.24) is 15.5 Å². The van der Waals surface area contributed by atoms with Gasteiger partial charge in [0.25, 0.3) is 5.91 Å². The molecule has 0 bridgehead atoms. The number of rotatable bonds is 2. The summed E-state index contributed by atoms with van der Waals surface area (Å²) in [6.45, 7) is 3.35. The Bertz CT molecular complexity index is 537. The van der Waals surface area contributed by atoms with Gasteiger partial charge in [-0.1, -0.05) is 0 Å². The molecular weight excluding hydrogens is 216 g/mol. The summed E-state index contributed by atoms with van der Waals surface area (Å²) in [5.74, 6) is 1.06. The van der Waals surface area contributed by atoms with E-state index in [9.17, 15) is 4.79 Å². The van der Waals surface area contributed by atoms with Crippen LogP contribution in [-0.2, 0) is 6.42 Å². The van der Waals surface area contributed by atoms with Gasteiger partial charge in [0.15, 0.2) is 5.69 Å². The van der Waals surface area contributed by atoms with Crippen LogP contribution < -0.4 is 5.32 Å². The SMILES string of the molecule is CC(C)(C#N)NC(=O)c1n[nH]c2c1CC1CC21. The zero-order valence-electron chi connectivity index (χ0n) is 9.87. The molecular formula is C12H14N4O. The Balaban J connectivity index is 1.84. The minimum absolute atomic E-state index is 0.254. The predicted molar refractivity (Wildman–Crippen MR) is 60.3 cm³/mol. The first kappa shape index (κ1) is 10.3. The highest BCUT2D eigenvalue weighted by atomic mass is 16.2. The van der Waals surface area contributed by atoms with Crippen LogP contribution in [-0.4, -0.2) is 21.6 Å². The van der Waals surface area contributed by atoms with E-state index in [1.165, 1.54) is 6.42 Å². The number of fused-ring (bicyclic) bond motifs is 3. The van der Waals surface area contributed by atoms with Crippen molar-refractivity contribution in [2.45, 2.75) is 38.1 Å². The van der Waals surface area contributed by atoms with Gasteiger partial charge in [0.05, 0.1) is 6.07 Å². The van der Waals surface area contributed by atoms with Crippen molar-refractivity contribution >= 4 is 5.91 Å². The summed E-state index contributed by atoms with van der Waals surface area (Å²) < 4.78 is 0. The van der Waals surface area contributed by atoms with Gasteiger partial charge in [-0.15, -0.1) is 0 Å². The average Bonchev–Trinajstić information content (AvgIpc) is 2.75. The second-order valence-corrected chi connectivity index (χ2v) is 5.46. The fourth-order valence-electron chi connectivity index (χ4n) is 2.54. The van der Waals surface area contributed by atoms with Gasteiger partial charge in [-0.05, 0) is 32.6 Å². The van der Waals surface area contributed by atoms with E-state index in [1.807, 2.05) is 6.07 Å². The molecule has 5 heteroatoms. The highest BCUT2D eigenvalue weighted by molar-refractivity contribution is 5.95. The van der Waals surface area contributed by atoms with Gasteiger partial charge in [-0.3, -0.25) is 9.89 Å². The number of aromatic nitrogens is 2. The molecule has 0 radical (unpaired) electrons. The molecule has 1 heterocycles. The van der Waals surface area contributed by atoms with Crippen molar-refractivity contribution in [3.63, 3.8) is 0 Å². The molecule has 0 spiro atoms. The van der Waals surface area contributed by atoms with Gasteiger partial charge >= 0.3 is 0 Å². The summed E-state index contributed by atoms with van der Waals surface area (Å²) in [6, 6.07) is 2.05. The first-order valence-electron chi connectivity index (χ1n) is 5.83. The maximum absolute atomic E-state index is 12.0. The Hall–Kier alpha value is -1.83. The molecule has 88 valence electrons. The van der Waals surface area contributed by atoms with Gasteiger partial charge in [-0.2, -0.15) is 10.4 Å². The molecule has 3 rings (SSSR count). The van der Waals surface area contributed by atoms with E-state index in [4.69, 9.17) is 5.26 Å². The second kappa shape index (κ2) is 3.10. The van der Waals surface area contributed by atoms with Crippen LogP contribution in [0.1, 0.15) is 47.9 Å². The number of H-pyrrole nitrogens is 1. The molecule has 1 saturated carbocycles. The molecule has 1 fully saturated rings. The smallest absolute Gasteiger partial charge is 0.273 e. The van der Waals surface area contributed by atoms with E-state index in [-0.39, 0.29) is 5.91 Å². The fourth-order valence-corrected chi connectivity index (χ4v) is 2.54. The normalized spacial score (nSPS) is 24.8. The van der Waals surface area contributed by atoms with Crippen LogP contribution in [0.3, 0.4) is 0 Å². The van der Waals surface area contributed by atoms with E-state index < -0.39 is 5.54 Å². The van der Waals surface area contributed by atoms with Crippen molar-refractivity contribution in [3.8, 4) is 6.07 Å². The van der Waals surface area contributed by atoms with Crippen LogP contribution in [0.2, 0.25) is 0 Å². The average molecular weight is 230 g/mol. The number of nitrogens with one attached hydrogen (secondary N) is 2. The van der Waals surface area contributed by atoms with E-state index in [0.717, 1.165) is 23.6 Å². The van der Waals surface area contributed by atoms with Crippen molar-refractivity contribution in [3.05, 3.63) is 17.0 Å². The minimum Gasteiger partial charge on any atom is -0.333 e.